The molecule has 1 amide bonds. The molecule has 0 bridgehead atoms. The van der Waals surface area contributed by atoms with Crippen LogP contribution in [0.3, 0.4) is 0 Å². The number of nitrogens with zero attached hydrogens (tertiary/aromatic N) is 3. The zero-order chi connectivity index (χ0) is 18.0. The highest BCUT2D eigenvalue weighted by Gasteiger charge is 2.26. The summed E-state index contributed by atoms with van der Waals surface area (Å²) in [5.41, 5.74) is 2.49. The number of piperidine rings is 1. The fourth-order valence-corrected chi connectivity index (χ4v) is 3.86. The third-order valence-corrected chi connectivity index (χ3v) is 5.56. The maximum absolute atomic E-state index is 12.4. The first kappa shape index (κ1) is 17.6. The molecule has 0 saturated carbocycles. The first-order valence-electron chi connectivity index (χ1n) is 8.20. The smallest absolute Gasteiger partial charge is 0.251 e. The summed E-state index contributed by atoms with van der Waals surface area (Å²) in [6.45, 7) is 2.81. The van der Waals surface area contributed by atoms with Gasteiger partial charge in [0, 0.05) is 30.9 Å². The van der Waals surface area contributed by atoms with E-state index in [-0.39, 0.29) is 11.9 Å². The Hall–Kier alpha value is -2.19. The van der Waals surface area contributed by atoms with Gasteiger partial charge in [0.25, 0.3) is 5.91 Å². The van der Waals surface area contributed by atoms with Crippen LogP contribution in [0.2, 0.25) is 0 Å². The highest BCUT2D eigenvalue weighted by atomic mass is 32.2. The standard InChI is InChI=1S/C17H22N4O3S/c1-13-10-18-21(11-13)16-7-5-14(6-8-16)17(22)19-15-4-3-9-20(12-15)25(2,23)24/h5-8,10-11,15H,3-4,9,12H2,1-2H3,(H,19,22). The molecule has 0 radical (unpaired) electrons. The van der Waals surface area contributed by atoms with E-state index in [0.717, 1.165) is 24.1 Å². The summed E-state index contributed by atoms with van der Waals surface area (Å²) >= 11 is 0. The minimum Gasteiger partial charge on any atom is -0.348 e. The summed E-state index contributed by atoms with van der Waals surface area (Å²) in [6, 6.07) is 7.01. The van der Waals surface area contributed by atoms with E-state index in [4.69, 9.17) is 0 Å². The van der Waals surface area contributed by atoms with Crippen LogP contribution in [0, 0.1) is 6.92 Å². The summed E-state index contributed by atoms with van der Waals surface area (Å²) in [5.74, 6) is -0.191. The number of nitrogens with one attached hydrogen (secondary N) is 1. The van der Waals surface area contributed by atoms with E-state index >= 15 is 0 Å². The Labute approximate surface area is 147 Å². The van der Waals surface area contributed by atoms with Crippen molar-refractivity contribution < 1.29 is 13.2 Å². The minimum atomic E-state index is -3.22. The van der Waals surface area contributed by atoms with Crippen LogP contribution in [0.1, 0.15) is 28.8 Å². The van der Waals surface area contributed by atoms with E-state index in [2.05, 4.69) is 10.4 Å². The topological polar surface area (TPSA) is 84.3 Å². The number of carbonyl (C=O) groups excluding carboxylic acids is 1. The largest absolute Gasteiger partial charge is 0.348 e. The van der Waals surface area contributed by atoms with Crippen molar-refractivity contribution >= 4 is 15.9 Å². The molecule has 3 rings (SSSR count). The zero-order valence-corrected chi connectivity index (χ0v) is 15.2. The lowest BCUT2D eigenvalue weighted by Gasteiger charge is -2.31. The predicted octanol–water partition coefficient (Wildman–Crippen LogP) is 1.33. The van der Waals surface area contributed by atoms with E-state index in [9.17, 15) is 13.2 Å². The second-order valence-corrected chi connectivity index (χ2v) is 8.43. The molecule has 1 fully saturated rings. The molecule has 2 aromatic rings. The lowest BCUT2D eigenvalue weighted by atomic mass is 10.1. The number of benzene rings is 1. The third-order valence-electron chi connectivity index (χ3n) is 4.29. The molecule has 8 heteroatoms. The second kappa shape index (κ2) is 6.97. The minimum absolute atomic E-state index is 0.163. The normalized spacial score (nSPS) is 18.9. The van der Waals surface area contributed by atoms with Gasteiger partial charge < -0.3 is 5.32 Å². The molecular formula is C17H22N4O3S. The van der Waals surface area contributed by atoms with E-state index in [1.807, 2.05) is 25.3 Å². The molecule has 1 aromatic heterocycles. The third kappa shape index (κ3) is 4.26. The van der Waals surface area contributed by atoms with Crippen LogP contribution < -0.4 is 5.32 Å². The number of rotatable bonds is 4. The highest BCUT2D eigenvalue weighted by Crippen LogP contribution is 2.15. The molecule has 1 aromatic carbocycles. The maximum Gasteiger partial charge on any atom is 0.251 e. The summed E-state index contributed by atoms with van der Waals surface area (Å²) < 4.78 is 26.5. The van der Waals surface area contributed by atoms with E-state index in [1.54, 1.807) is 23.0 Å². The average Bonchev–Trinajstić information content (AvgIpc) is 3.01. The lowest BCUT2D eigenvalue weighted by Crippen LogP contribution is -2.49. The van der Waals surface area contributed by atoms with Crippen LogP contribution in [-0.4, -0.2) is 53.8 Å². The van der Waals surface area contributed by atoms with Crippen molar-refractivity contribution in [2.24, 2.45) is 0 Å². The fourth-order valence-electron chi connectivity index (χ4n) is 2.95. The Bertz CT molecular complexity index is 858. The summed E-state index contributed by atoms with van der Waals surface area (Å²) in [7, 11) is -3.22. The van der Waals surface area contributed by atoms with Gasteiger partial charge in [-0.3, -0.25) is 4.79 Å². The van der Waals surface area contributed by atoms with Crippen LogP contribution in [0.5, 0.6) is 0 Å². The first-order chi connectivity index (χ1) is 11.8. The van der Waals surface area contributed by atoms with E-state index in [0.29, 0.717) is 18.7 Å². The van der Waals surface area contributed by atoms with Gasteiger partial charge in [-0.1, -0.05) is 0 Å². The van der Waals surface area contributed by atoms with Crippen molar-refractivity contribution in [3.63, 3.8) is 0 Å². The number of sulfonamides is 1. The average molecular weight is 362 g/mol. The molecule has 1 aliphatic heterocycles. The van der Waals surface area contributed by atoms with Crippen molar-refractivity contribution in [2.75, 3.05) is 19.3 Å². The monoisotopic (exact) mass is 362 g/mol. The summed E-state index contributed by atoms with van der Waals surface area (Å²) in [4.78, 5) is 12.4. The summed E-state index contributed by atoms with van der Waals surface area (Å²) in [5, 5.41) is 7.17. The number of hydrogen-bond donors (Lipinski definition) is 1. The SMILES string of the molecule is Cc1cnn(-c2ccc(C(=O)NC3CCCN(S(C)(=O)=O)C3)cc2)c1. The lowest BCUT2D eigenvalue weighted by molar-refractivity contribution is 0.0921. The van der Waals surface area contributed by atoms with Gasteiger partial charge in [-0.25, -0.2) is 17.4 Å². The Kier molecular flexibility index (Phi) is 4.91. The van der Waals surface area contributed by atoms with Crippen LogP contribution in [0.25, 0.3) is 5.69 Å². The summed E-state index contributed by atoms with van der Waals surface area (Å²) in [6.07, 6.45) is 6.42. The van der Waals surface area contributed by atoms with Gasteiger partial charge in [0.15, 0.2) is 0 Å². The molecule has 1 N–H and O–H groups in total. The van der Waals surface area contributed by atoms with Crippen molar-refractivity contribution in [3.8, 4) is 5.69 Å². The Morgan fingerprint density at radius 3 is 2.60 bits per heavy atom. The number of aryl methyl sites for hydroxylation is 1. The molecule has 25 heavy (non-hydrogen) atoms. The van der Waals surface area contributed by atoms with Gasteiger partial charge in [-0.2, -0.15) is 5.10 Å². The van der Waals surface area contributed by atoms with Gasteiger partial charge in [0.1, 0.15) is 0 Å². The highest BCUT2D eigenvalue weighted by molar-refractivity contribution is 7.88. The van der Waals surface area contributed by atoms with Gasteiger partial charge in [-0.05, 0) is 49.6 Å². The Balaban J connectivity index is 1.65. The van der Waals surface area contributed by atoms with Gasteiger partial charge >= 0.3 is 0 Å². The van der Waals surface area contributed by atoms with Crippen molar-refractivity contribution in [1.29, 1.82) is 0 Å². The quantitative estimate of drug-likeness (QED) is 0.889. The van der Waals surface area contributed by atoms with Gasteiger partial charge in [0.05, 0.1) is 18.1 Å². The number of hydrogen-bond acceptors (Lipinski definition) is 4. The zero-order valence-electron chi connectivity index (χ0n) is 14.3. The molecule has 0 aliphatic carbocycles. The molecule has 1 atom stereocenters. The molecule has 0 spiro atoms. The molecule has 1 saturated heterocycles. The number of aromatic nitrogens is 2. The Morgan fingerprint density at radius 2 is 2.00 bits per heavy atom. The molecule has 2 heterocycles. The first-order valence-corrected chi connectivity index (χ1v) is 10.1. The van der Waals surface area contributed by atoms with Gasteiger partial charge in [0.2, 0.25) is 10.0 Å². The van der Waals surface area contributed by atoms with Crippen molar-refractivity contribution in [1.82, 2.24) is 19.4 Å². The van der Waals surface area contributed by atoms with Gasteiger partial charge in [-0.15, -0.1) is 0 Å². The number of carbonyl (C=O) groups is 1. The van der Waals surface area contributed by atoms with Crippen molar-refractivity contribution in [2.45, 2.75) is 25.8 Å². The van der Waals surface area contributed by atoms with Crippen LogP contribution >= 0.6 is 0 Å². The maximum atomic E-state index is 12.4. The molecule has 1 unspecified atom stereocenters. The fraction of sp³-hybridized carbons (Fsp3) is 0.412. The molecular weight excluding hydrogens is 340 g/mol. The van der Waals surface area contributed by atoms with Crippen LogP contribution in [0.15, 0.2) is 36.7 Å². The Morgan fingerprint density at radius 1 is 1.28 bits per heavy atom. The predicted molar refractivity (Wildman–Crippen MR) is 95.2 cm³/mol. The molecule has 7 nitrogen and oxygen atoms in total. The van der Waals surface area contributed by atoms with E-state index in [1.165, 1.54) is 10.6 Å². The van der Waals surface area contributed by atoms with Crippen LogP contribution in [0.4, 0.5) is 0 Å². The van der Waals surface area contributed by atoms with Crippen molar-refractivity contribution in [3.05, 3.63) is 47.8 Å². The second-order valence-electron chi connectivity index (χ2n) is 6.44. The number of amides is 1. The molecule has 134 valence electrons. The molecule has 1 aliphatic rings. The van der Waals surface area contributed by atoms with Crippen LogP contribution in [-0.2, 0) is 10.0 Å². The van der Waals surface area contributed by atoms with E-state index < -0.39 is 10.0 Å².